The summed E-state index contributed by atoms with van der Waals surface area (Å²) in [5.41, 5.74) is 1.36. The Hall–Kier alpha value is -2.06. The predicted octanol–water partition coefficient (Wildman–Crippen LogP) is 4.23. The fourth-order valence-electron chi connectivity index (χ4n) is 3.58. The van der Waals surface area contributed by atoms with Crippen molar-refractivity contribution in [2.24, 2.45) is 0 Å². The van der Waals surface area contributed by atoms with E-state index in [1.54, 1.807) is 18.2 Å². The number of nitrogens with one attached hydrogen (secondary N) is 1. The summed E-state index contributed by atoms with van der Waals surface area (Å²) in [7, 11) is 0. The van der Waals surface area contributed by atoms with E-state index >= 15 is 0 Å². The molecule has 8 heteroatoms. The second kappa shape index (κ2) is 9.63. The third-order valence-electron chi connectivity index (χ3n) is 5.11. The molecule has 0 unspecified atom stereocenters. The average molecular weight is 433 g/mol. The molecule has 1 saturated carbocycles. The van der Waals surface area contributed by atoms with Crippen molar-refractivity contribution in [3.63, 3.8) is 0 Å². The fourth-order valence-corrected chi connectivity index (χ4v) is 5.32. The van der Waals surface area contributed by atoms with Crippen LogP contribution in [0.5, 0.6) is 11.5 Å². The molecular formula is C21H24N2O4S2. The molecule has 2 heterocycles. The number of rotatable bonds is 7. The van der Waals surface area contributed by atoms with Crippen LogP contribution in [0.15, 0.2) is 27.9 Å². The van der Waals surface area contributed by atoms with E-state index in [1.807, 2.05) is 5.38 Å². The number of nitrogens with zero attached hydrogens (tertiary/aromatic N) is 1. The maximum atomic E-state index is 12.4. The van der Waals surface area contributed by atoms with Gasteiger partial charge in [0.2, 0.25) is 12.7 Å². The molecule has 1 aromatic carbocycles. The van der Waals surface area contributed by atoms with Gasteiger partial charge in [-0.25, -0.2) is 4.98 Å². The van der Waals surface area contributed by atoms with Crippen LogP contribution in [0.1, 0.15) is 54.6 Å². The fraction of sp³-hybridized carbons (Fsp3) is 0.476. The number of fused-ring (bicyclic) bond motifs is 1. The van der Waals surface area contributed by atoms with Crippen molar-refractivity contribution < 1.29 is 19.1 Å². The Balaban J connectivity index is 1.25. The molecule has 154 valence electrons. The average Bonchev–Trinajstić information content (AvgIpc) is 3.29. The molecule has 0 spiro atoms. The number of carbonyl (C=O) groups excluding carboxylic acids is 2. The van der Waals surface area contributed by atoms with Crippen molar-refractivity contribution in [2.75, 3.05) is 12.5 Å². The van der Waals surface area contributed by atoms with E-state index in [2.05, 4.69) is 10.3 Å². The Morgan fingerprint density at radius 1 is 1.14 bits per heavy atom. The van der Waals surface area contributed by atoms with E-state index in [-0.39, 0.29) is 18.5 Å². The lowest BCUT2D eigenvalue weighted by Gasteiger charge is -2.15. The van der Waals surface area contributed by atoms with E-state index in [0.717, 1.165) is 22.9 Å². The maximum Gasteiger partial charge on any atom is 0.231 e. The Labute approximate surface area is 178 Å². The van der Waals surface area contributed by atoms with Crippen molar-refractivity contribution in [3.05, 3.63) is 34.8 Å². The summed E-state index contributed by atoms with van der Waals surface area (Å²) in [4.78, 5) is 29.3. The minimum Gasteiger partial charge on any atom is -0.454 e. The lowest BCUT2D eigenvalue weighted by molar-refractivity contribution is -0.121. The summed E-state index contributed by atoms with van der Waals surface area (Å²) in [6.07, 6.45) is 7.37. The van der Waals surface area contributed by atoms with Gasteiger partial charge in [-0.2, -0.15) is 0 Å². The van der Waals surface area contributed by atoms with Crippen LogP contribution in [0.4, 0.5) is 0 Å². The molecule has 0 atom stereocenters. The highest BCUT2D eigenvalue weighted by Crippen LogP contribution is 2.33. The van der Waals surface area contributed by atoms with Crippen LogP contribution in [0, 0.1) is 0 Å². The summed E-state index contributed by atoms with van der Waals surface area (Å²) < 4.78 is 11.4. The Morgan fingerprint density at radius 3 is 2.76 bits per heavy atom. The van der Waals surface area contributed by atoms with Crippen molar-refractivity contribution >= 4 is 34.8 Å². The standard InChI is InChI=1S/C21H24N2O4S2/c24-17(14-7-8-18-19(9-14)27-13-26-18)12-29-21-23-16(11-28-21)10-20(25)22-15-5-3-1-2-4-6-15/h7-9,11,15H,1-6,10,12-13H2,(H,22,25). The van der Waals surface area contributed by atoms with Crippen molar-refractivity contribution in [2.45, 2.75) is 55.3 Å². The number of ketones is 1. The van der Waals surface area contributed by atoms with Gasteiger partial charge in [0.15, 0.2) is 21.6 Å². The quantitative estimate of drug-likeness (QED) is 0.401. The normalized spacial score (nSPS) is 16.4. The van der Waals surface area contributed by atoms with Crippen LogP contribution >= 0.6 is 23.1 Å². The van der Waals surface area contributed by atoms with Crippen LogP contribution in [0.2, 0.25) is 0 Å². The summed E-state index contributed by atoms with van der Waals surface area (Å²) >= 11 is 2.87. The third kappa shape index (κ3) is 5.51. The van der Waals surface area contributed by atoms with Gasteiger partial charge in [-0.05, 0) is 31.0 Å². The van der Waals surface area contributed by atoms with Gasteiger partial charge in [0, 0.05) is 17.0 Å². The van der Waals surface area contributed by atoms with Crippen molar-refractivity contribution in [1.29, 1.82) is 0 Å². The van der Waals surface area contributed by atoms with Gasteiger partial charge < -0.3 is 14.8 Å². The van der Waals surface area contributed by atoms with Crippen molar-refractivity contribution in [1.82, 2.24) is 10.3 Å². The van der Waals surface area contributed by atoms with Crippen molar-refractivity contribution in [3.8, 4) is 11.5 Å². The van der Waals surface area contributed by atoms with E-state index < -0.39 is 0 Å². The number of aromatic nitrogens is 1. The number of carbonyl (C=O) groups is 2. The first-order valence-corrected chi connectivity index (χ1v) is 11.8. The van der Waals surface area contributed by atoms with Crippen LogP contribution < -0.4 is 14.8 Å². The molecule has 4 rings (SSSR count). The highest BCUT2D eigenvalue weighted by Gasteiger charge is 2.18. The zero-order valence-corrected chi connectivity index (χ0v) is 17.8. The largest absolute Gasteiger partial charge is 0.454 e. The molecule has 6 nitrogen and oxygen atoms in total. The first-order chi connectivity index (χ1) is 14.2. The number of hydrogen-bond donors (Lipinski definition) is 1. The number of ether oxygens (including phenoxy) is 2. The second-order valence-corrected chi connectivity index (χ2v) is 9.40. The number of amides is 1. The van der Waals surface area contributed by atoms with E-state index in [4.69, 9.17) is 9.47 Å². The summed E-state index contributed by atoms with van der Waals surface area (Å²) in [5, 5.41) is 5.05. The van der Waals surface area contributed by atoms with Crippen LogP contribution in [0.25, 0.3) is 0 Å². The minimum absolute atomic E-state index is 0.0103. The van der Waals surface area contributed by atoms with E-state index in [9.17, 15) is 9.59 Å². The topological polar surface area (TPSA) is 77.5 Å². The van der Waals surface area contributed by atoms with Gasteiger partial charge in [0.1, 0.15) is 0 Å². The Morgan fingerprint density at radius 2 is 1.93 bits per heavy atom. The van der Waals surface area contributed by atoms with Gasteiger partial charge in [-0.3, -0.25) is 9.59 Å². The molecule has 0 saturated heterocycles. The molecule has 1 aliphatic carbocycles. The number of thiazole rings is 1. The molecule has 1 fully saturated rings. The molecule has 1 amide bonds. The van der Waals surface area contributed by atoms with Gasteiger partial charge in [-0.1, -0.05) is 37.4 Å². The zero-order valence-electron chi connectivity index (χ0n) is 16.1. The van der Waals surface area contributed by atoms with E-state index in [1.165, 1.54) is 48.8 Å². The van der Waals surface area contributed by atoms with Crippen LogP contribution in [0.3, 0.4) is 0 Å². The lowest BCUT2D eigenvalue weighted by Crippen LogP contribution is -2.35. The van der Waals surface area contributed by atoms with Gasteiger partial charge in [0.25, 0.3) is 0 Å². The first kappa shape index (κ1) is 20.2. The molecule has 0 bridgehead atoms. The third-order valence-corrected chi connectivity index (χ3v) is 7.18. The smallest absolute Gasteiger partial charge is 0.231 e. The number of thioether (sulfide) groups is 1. The number of Topliss-reactive ketones (excluding diaryl/α,β-unsaturated/α-hetero) is 1. The Bertz CT molecular complexity index is 875. The van der Waals surface area contributed by atoms with Gasteiger partial charge in [-0.15, -0.1) is 11.3 Å². The Kier molecular flexibility index (Phi) is 6.71. The number of benzene rings is 1. The predicted molar refractivity (Wildman–Crippen MR) is 113 cm³/mol. The maximum absolute atomic E-state index is 12.4. The summed E-state index contributed by atoms with van der Waals surface area (Å²) in [5.74, 6) is 1.62. The lowest BCUT2D eigenvalue weighted by atomic mass is 10.1. The molecule has 29 heavy (non-hydrogen) atoms. The van der Waals surface area contributed by atoms with E-state index in [0.29, 0.717) is 35.3 Å². The summed E-state index contributed by atoms with van der Waals surface area (Å²) in [6, 6.07) is 5.53. The highest BCUT2D eigenvalue weighted by molar-refractivity contribution is 8.01. The first-order valence-electron chi connectivity index (χ1n) is 9.97. The van der Waals surface area contributed by atoms with Gasteiger partial charge >= 0.3 is 0 Å². The van der Waals surface area contributed by atoms with Crippen LogP contribution in [-0.4, -0.2) is 35.3 Å². The van der Waals surface area contributed by atoms with Crippen LogP contribution in [-0.2, 0) is 11.2 Å². The second-order valence-electron chi connectivity index (χ2n) is 7.32. The monoisotopic (exact) mass is 432 g/mol. The molecule has 1 aliphatic heterocycles. The molecule has 1 N–H and O–H groups in total. The minimum atomic E-state index is 0.0103. The number of hydrogen-bond acceptors (Lipinski definition) is 7. The highest BCUT2D eigenvalue weighted by atomic mass is 32.2. The summed E-state index contributed by atoms with van der Waals surface area (Å²) in [6.45, 7) is 0.192. The molecule has 0 radical (unpaired) electrons. The van der Waals surface area contributed by atoms with Gasteiger partial charge in [0.05, 0.1) is 17.9 Å². The SMILES string of the molecule is O=C(Cc1csc(SCC(=O)c2ccc3c(c2)OCO3)n1)NC1CCCCCC1. The molecule has 2 aromatic rings. The molecular weight excluding hydrogens is 408 g/mol. The molecule has 2 aliphatic rings. The zero-order chi connectivity index (χ0) is 20.1. The molecule has 1 aromatic heterocycles.